The SMILES string of the molecule is [2H]C([2H])(c1ccc(-c2cc3oc4cnccc4c3cc2C)[n+](C)c1)C(C)C. The summed E-state index contributed by atoms with van der Waals surface area (Å²) < 4.78 is 24.7. The Kier molecular flexibility index (Phi) is 3.26. The van der Waals surface area contributed by atoms with Gasteiger partial charge >= 0.3 is 0 Å². The van der Waals surface area contributed by atoms with E-state index in [0.29, 0.717) is 5.56 Å². The summed E-state index contributed by atoms with van der Waals surface area (Å²) in [6.45, 7) is 5.90. The minimum atomic E-state index is -1.36. The van der Waals surface area contributed by atoms with Crippen LogP contribution >= 0.6 is 0 Å². The van der Waals surface area contributed by atoms with E-state index >= 15 is 0 Å². The second-order valence-electron chi connectivity index (χ2n) is 6.85. The van der Waals surface area contributed by atoms with Gasteiger partial charge < -0.3 is 4.42 Å². The maximum absolute atomic E-state index is 8.34. The normalized spacial score (nSPS) is 13.5. The summed E-state index contributed by atoms with van der Waals surface area (Å²) >= 11 is 0. The maximum Gasteiger partial charge on any atom is 0.212 e. The van der Waals surface area contributed by atoms with E-state index in [9.17, 15) is 0 Å². The molecule has 1 aromatic carbocycles. The Bertz CT molecular complexity index is 1160. The topological polar surface area (TPSA) is 29.9 Å². The van der Waals surface area contributed by atoms with Crippen LogP contribution in [0.1, 0.15) is 27.7 Å². The lowest BCUT2D eigenvalue weighted by Gasteiger charge is -2.08. The Morgan fingerprint density at radius 1 is 1.16 bits per heavy atom. The molecule has 0 aliphatic rings. The highest BCUT2D eigenvalue weighted by atomic mass is 16.3. The van der Waals surface area contributed by atoms with Crippen molar-refractivity contribution in [3.8, 4) is 11.3 Å². The van der Waals surface area contributed by atoms with Gasteiger partial charge in [-0.2, -0.15) is 0 Å². The van der Waals surface area contributed by atoms with Crippen molar-refractivity contribution in [3.05, 3.63) is 60.0 Å². The fraction of sp³-hybridized carbons (Fsp3) is 0.273. The molecule has 126 valence electrons. The average Bonchev–Trinajstić information content (AvgIpc) is 2.98. The Morgan fingerprint density at radius 3 is 2.76 bits per heavy atom. The maximum atomic E-state index is 8.34. The predicted molar refractivity (Wildman–Crippen MR) is 101 cm³/mol. The molecule has 0 unspecified atom stereocenters. The second-order valence-corrected chi connectivity index (χ2v) is 6.85. The number of benzene rings is 1. The van der Waals surface area contributed by atoms with Crippen molar-refractivity contribution in [3.63, 3.8) is 0 Å². The molecule has 0 aliphatic heterocycles. The zero-order valence-electron chi connectivity index (χ0n) is 17.0. The van der Waals surface area contributed by atoms with E-state index in [4.69, 9.17) is 7.16 Å². The number of furan rings is 1. The molecule has 0 atom stereocenters. The molecule has 3 heterocycles. The zero-order valence-corrected chi connectivity index (χ0v) is 15.0. The van der Waals surface area contributed by atoms with Gasteiger partial charge in [-0.15, -0.1) is 0 Å². The fourth-order valence-electron chi connectivity index (χ4n) is 3.37. The van der Waals surface area contributed by atoms with Crippen molar-refractivity contribution in [2.45, 2.75) is 27.1 Å². The molecule has 0 saturated carbocycles. The minimum absolute atomic E-state index is 0.0920. The first-order chi connectivity index (χ1) is 12.8. The number of nitrogens with zero attached hydrogens (tertiary/aromatic N) is 2. The summed E-state index contributed by atoms with van der Waals surface area (Å²) in [7, 11) is 1.96. The summed E-state index contributed by atoms with van der Waals surface area (Å²) in [6, 6.07) is 10.1. The summed E-state index contributed by atoms with van der Waals surface area (Å²) in [6.07, 6.45) is 4.05. The number of fused-ring (bicyclic) bond motifs is 3. The van der Waals surface area contributed by atoms with E-state index in [1.54, 1.807) is 12.4 Å². The summed E-state index contributed by atoms with van der Waals surface area (Å²) in [5.74, 6) is -0.0920. The van der Waals surface area contributed by atoms with Gasteiger partial charge in [-0.1, -0.05) is 13.8 Å². The van der Waals surface area contributed by atoms with Crippen LogP contribution in [0.15, 0.2) is 53.3 Å². The molecule has 4 rings (SSSR count). The second kappa shape index (κ2) is 5.99. The van der Waals surface area contributed by atoms with Crippen LogP contribution in [0, 0.1) is 12.8 Å². The van der Waals surface area contributed by atoms with E-state index in [2.05, 4.69) is 24.0 Å². The van der Waals surface area contributed by atoms with E-state index in [1.165, 1.54) is 0 Å². The molecule has 0 bridgehead atoms. The Balaban J connectivity index is 1.87. The molecule has 25 heavy (non-hydrogen) atoms. The van der Waals surface area contributed by atoms with E-state index in [-0.39, 0.29) is 5.92 Å². The molecule has 0 aliphatic carbocycles. The van der Waals surface area contributed by atoms with Gasteiger partial charge in [0, 0.05) is 31.3 Å². The molecule has 0 radical (unpaired) electrons. The van der Waals surface area contributed by atoms with Gasteiger partial charge in [-0.05, 0) is 49.0 Å². The molecule has 3 aromatic heterocycles. The van der Waals surface area contributed by atoms with Crippen molar-refractivity contribution in [1.29, 1.82) is 0 Å². The minimum Gasteiger partial charge on any atom is -0.454 e. The first-order valence-corrected chi connectivity index (χ1v) is 8.56. The number of pyridine rings is 2. The predicted octanol–water partition coefficient (Wildman–Crippen LogP) is 4.98. The van der Waals surface area contributed by atoms with Crippen LogP contribution < -0.4 is 4.57 Å². The quantitative estimate of drug-likeness (QED) is 0.495. The largest absolute Gasteiger partial charge is 0.454 e. The molecule has 3 heteroatoms. The molecule has 0 N–H and O–H groups in total. The molecule has 0 saturated heterocycles. The molecule has 0 fully saturated rings. The van der Waals surface area contributed by atoms with Crippen molar-refractivity contribution < 1.29 is 11.7 Å². The van der Waals surface area contributed by atoms with Crippen LogP contribution in [0.5, 0.6) is 0 Å². The Morgan fingerprint density at radius 2 is 2.00 bits per heavy atom. The standard InChI is InChI=1S/C22H23N2O/c1-14(2)9-16-5-6-20(24(4)13-16)18-11-21-19(10-15(18)3)17-7-8-23-12-22(17)25-21/h5-8,10-14H,9H2,1-4H3/q+1/i9D2. The van der Waals surface area contributed by atoms with E-state index < -0.39 is 6.37 Å². The molecular weight excluding hydrogens is 308 g/mol. The molecule has 0 amide bonds. The van der Waals surface area contributed by atoms with Crippen molar-refractivity contribution in [2.75, 3.05) is 0 Å². The third kappa shape index (κ3) is 2.80. The Labute approximate surface area is 150 Å². The highest BCUT2D eigenvalue weighted by molar-refractivity contribution is 6.05. The molecule has 0 spiro atoms. The van der Waals surface area contributed by atoms with Crippen LogP contribution in [0.2, 0.25) is 0 Å². The van der Waals surface area contributed by atoms with Crippen molar-refractivity contribution in [1.82, 2.24) is 4.98 Å². The third-order valence-electron chi connectivity index (χ3n) is 4.49. The van der Waals surface area contributed by atoms with Gasteiger partial charge in [0.25, 0.3) is 0 Å². The number of rotatable bonds is 3. The van der Waals surface area contributed by atoms with Crippen molar-refractivity contribution >= 4 is 21.9 Å². The zero-order chi connectivity index (χ0) is 19.3. The molecule has 4 aromatic rings. The van der Waals surface area contributed by atoms with E-state index in [1.807, 2.05) is 49.9 Å². The number of hydrogen-bond acceptors (Lipinski definition) is 2. The summed E-state index contributed by atoms with van der Waals surface area (Å²) in [5.41, 5.74) is 5.56. The van der Waals surface area contributed by atoms with Crippen LogP contribution in [-0.2, 0) is 13.4 Å². The van der Waals surface area contributed by atoms with Gasteiger partial charge in [-0.3, -0.25) is 4.98 Å². The van der Waals surface area contributed by atoms with Crippen LogP contribution in [0.3, 0.4) is 0 Å². The number of aryl methyl sites for hydroxylation is 2. The van der Waals surface area contributed by atoms with Crippen molar-refractivity contribution in [2.24, 2.45) is 13.0 Å². The van der Waals surface area contributed by atoms with Gasteiger partial charge in [0.2, 0.25) is 5.69 Å². The van der Waals surface area contributed by atoms with E-state index in [0.717, 1.165) is 38.8 Å². The summed E-state index contributed by atoms with van der Waals surface area (Å²) in [4.78, 5) is 4.14. The van der Waals surface area contributed by atoms with Crippen LogP contribution in [0.4, 0.5) is 0 Å². The lowest BCUT2D eigenvalue weighted by Crippen LogP contribution is -2.31. The fourth-order valence-corrected chi connectivity index (χ4v) is 3.37. The monoisotopic (exact) mass is 333 g/mol. The first-order valence-electron chi connectivity index (χ1n) is 9.56. The van der Waals surface area contributed by atoms with Gasteiger partial charge in [0.15, 0.2) is 11.8 Å². The average molecular weight is 333 g/mol. The van der Waals surface area contributed by atoms with Crippen LogP contribution in [0.25, 0.3) is 33.2 Å². The lowest BCUT2D eigenvalue weighted by atomic mass is 9.99. The highest BCUT2D eigenvalue weighted by Gasteiger charge is 2.17. The lowest BCUT2D eigenvalue weighted by molar-refractivity contribution is -0.660. The highest BCUT2D eigenvalue weighted by Crippen LogP contribution is 2.33. The van der Waals surface area contributed by atoms with Gasteiger partial charge in [-0.25, -0.2) is 4.57 Å². The first kappa shape index (κ1) is 13.6. The summed E-state index contributed by atoms with van der Waals surface area (Å²) in [5, 5.41) is 2.16. The van der Waals surface area contributed by atoms with Crippen LogP contribution in [-0.4, -0.2) is 4.98 Å². The smallest absolute Gasteiger partial charge is 0.212 e. The van der Waals surface area contributed by atoms with Gasteiger partial charge in [0.1, 0.15) is 12.6 Å². The molecular formula is C22H23N2O+. The Hall–Kier alpha value is -2.68. The molecule has 3 nitrogen and oxygen atoms in total. The van der Waals surface area contributed by atoms with Gasteiger partial charge in [0.05, 0.1) is 11.8 Å². The number of aromatic nitrogens is 2. The third-order valence-corrected chi connectivity index (χ3v) is 4.49. The number of hydrogen-bond donors (Lipinski definition) is 0.